The summed E-state index contributed by atoms with van der Waals surface area (Å²) in [5.41, 5.74) is -2.47. The fraction of sp³-hybridized carbons (Fsp3) is 0.727. The zero-order chi connectivity index (χ0) is 52.9. The van der Waals surface area contributed by atoms with Crippen LogP contribution in [-0.2, 0) is 47.9 Å². The fourth-order valence-electron chi connectivity index (χ4n) is 11.8. The Morgan fingerprint density at radius 2 is 1.56 bits per heavy atom. The summed E-state index contributed by atoms with van der Waals surface area (Å²) in [6.45, 7) is 19.7. The first-order valence-corrected chi connectivity index (χ1v) is 26.2. The third-order valence-electron chi connectivity index (χ3n) is 16.3. The molecular weight excluding hydrogens is 923 g/mol. The molecule has 6 rings (SSSR count). The van der Waals surface area contributed by atoms with Gasteiger partial charge in [-0.1, -0.05) is 63.2 Å². The summed E-state index contributed by atoms with van der Waals surface area (Å²) < 4.78 is 40.0. The average Bonchev–Trinajstić information content (AvgIpc) is 3.80. The molecule has 3 fully saturated rings. The minimum atomic E-state index is -1.81. The van der Waals surface area contributed by atoms with Gasteiger partial charge in [0.1, 0.15) is 41.5 Å². The SMILES string of the molecule is CC[C@H]1OC(=O)[C@H](C)[C@@H](C2C[C@@](C)(OC)[C@@H](O)[C@H](C)O2)[C@H](C)[C@@H](O[C@@H]2O[C@H](C)C[C@H](N(C)CCc3cn(CCc4ccc(Oc5ccccc5)cc4)nn3)[C@H]2O)[C@](C)(O)C[C@@H](C)CN(C)[C@H](C)[C@@H](O)[C@]1(C)O. The van der Waals surface area contributed by atoms with Gasteiger partial charge >= 0.3 is 5.97 Å². The van der Waals surface area contributed by atoms with E-state index in [1.165, 1.54) is 14.0 Å². The second kappa shape index (κ2) is 24.4. The number of esters is 1. The molecule has 5 N–H and O–H groups in total. The first-order valence-electron chi connectivity index (χ1n) is 26.2. The molecule has 17 heteroatoms. The minimum absolute atomic E-state index is 0.165. The maximum Gasteiger partial charge on any atom is 0.309 e. The number of aryl methyl sites for hydroxylation is 2. The van der Waals surface area contributed by atoms with Crippen LogP contribution < -0.4 is 4.74 Å². The summed E-state index contributed by atoms with van der Waals surface area (Å²) in [5.74, 6) is -1.54. The normalized spacial score (nSPS) is 39.0. The molecule has 0 spiro atoms. The smallest absolute Gasteiger partial charge is 0.309 e. The number of hydrogen-bond donors (Lipinski definition) is 5. The highest BCUT2D eigenvalue weighted by Crippen LogP contribution is 2.45. The molecule has 72 heavy (non-hydrogen) atoms. The monoisotopic (exact) mass is 1010 g/mol. The van der Waals surface area contributed by atoms with Crippen LogP contribution in [0, 0.1) is 23.7 Å². The van der Waals surface area contributed by atoms with Crippen molar-refractivity contribution in [2.24, 2.45) is 23.7 Å². The number of aliphatic hydroxyl groups is 5. The Morgan fingerprint density at radius 3 is 2.21 bits per heavy atom. The number of hydrogen-bond acceptors (Lipinski definition) is 16. The third-order valence-corrected chi connectivity index (χ3v) is 16.3. The largest absolute Gasteiger partial charge is 0.459 e. The van der Waals surface area contributed by atoms with E-state index in [0.717, 1.165) is 29.2 Å². The van der Waals surface area contributed by atoms with E-state index in [1.807, 2.05) is 107 Å². The summed E-state index contributed by atoms with van der Waals surface area (Å²) in [7, 11) is 5.36. The number of ether oxygens (including phenoxy) is 6. The van der Waals surface area contributed by atoms with E-state index < -0.39 is 95.6 Å². The van der Waals surface area contributed by atoms with Crippen molar-refractivity contribution >= 4 is 5.97 Å². The molecule has 0 radical (unpaired) electrons. The molecule has 18 atom stereocenters. The average molecular weight is 1010 g/mol. The van der Waals surface area contributed by atoms with Gasteiger partial charge in [-0.2, -0.15) is 0 Å². The molecule has 17 nitrogen and oxygen atoms in total. The van der Waals surface area contributed by atoms with E-state index in [4.69, 9.17) is 28.4 Å². The van der Waals surface area contributed by atoms with Gasteiger partial charge in [-0.25, -0.2) is 0 Å². The van der Waals surface area contributed by atoms with E-state index in [1.54, 1.807) is 27.7 Å². The van der Waals surface area contributed by atoms with E-state index in [0.29, 0.717) is 32.5 Å². The number of aromatic nitrogens is 3. The number of nitrogens with zero attached hydrogens (tertiary/aromatic N) is 5. The number of rotatable bonds is 14. The fourth-order valence-corrected chi connectivity index (χ4v) is 11.8. The molecule has 3 aromatic rings. The third kappa shape index (κ3) is 13.6. The zero-order valence-electron chi connectivity index (χ0n) is 45.1. The van der Waals surface area contributed by atoms with Crippen molar-refractivity contribution in [3.05, 3.63) is 72.1 Å². The standard InChI is InChI=1S/C55H87N5O12/c1-14-45-55(10,66)48(62)37(6)59(12)31-33(2)29-53(8,65)50(35(4)46(36(5)51(64)71-45)44-30-54(9,67-13)49(63)38(7)69-44)72-52-47(61)43(28-34(3)68-52)58(11)26-25-40-32-60(57-56-40)27-24-39-20-22-42(23-21-39)70-41-18-16-15-17-19-41/h15-23,32-38,43-50,52,61-63,65-66H,14,24-31H2,1-13H3/t33-,34-,35+,36-,37-,38+,43+,44?,45-,46+,47-,48-,49+,50-,52+,53-,54-,55-/m1/s1. The summed E-state index contributed by atoms with van der Waals surface area (Å²) in [5, 5.41) is 69.0. The summed E-state index contributed by atoms with van der Waals surface area (Å²) >= 11 is 0. The van der Waals surface area contributed by atoms with Crippen LogP contribution in [0.3, 0.4) is 0 Å². The van der Waals surface area contributed by atoms with Gasteiger partial charge in [0.05, 0.1) is 47.2 Å². The van der Waals surface area contributed by atoms with Gasteiger partial charge < -0.3 is 63.8 Å². The van der Waals surface area contributed by atoms with Crippen LogP contribution in [0.4, 0.5) is 0 Å². The predicted molar refractivity (Wildman–Crippen MR) is 272 cm³/mol. The van der Waals surface area contributed by atoms with Crippen molar-refractivity contribution in [2.75, 3.05) is 34.3 Å². The number of methoxy groups -OCH3 is 1. The molecule has 4 heterocycles. The number of cyclic esters (lactones) is 1. The van der Waals surface area contributed by atoms with Crippen molar-refractivity contribution in [3.8, 4) is 11.5 Å². The molecule has 3 aliphatic rings. The Kier molecular flexibility index (Phi) is 19.5. The van der Waals surface area contributed by atoms with E-state index >= 15 is 0 Å². The molecule has 1 unspecified atom stereocenters. The Bertz CT molecular complexity index is 2150. The van der Waals surface area contributed by atoms with E-state index in [-0.39, 0.29) is 37.3 Å². The molecule has 0 aliphatic carbocycles. The van der Waals surface area contributed by atoms with Crippen LogP contribution in [-0.4, -0.2) is 175 Å². The second-order valence-corrected chi connectivity index (χ2v) is 22.3. The predicted octanol–water partition coefficient (Wildman–Crippen LogP) is 5.41. The van der Waals surface area contributed by atoms with Crippen LogP contribution in [0.25, 0.3) is 0 Å². The number of benzene rings is 2. The molecule has 0 amide bonds. The Balaban J connectivity index is 1.22. The highest BCUT2D eigenvalue weighted by atomic mass is 16.7. The molecule has 3 aliphatic heterocycles. The summed E-state index contributed by atoms with van der Waals surface area (Å²) in [6.07, 6.45) is -3.93. The molecule has 404 valence electrons. The maximum absolute atomic E-state index is 14.6. The van der Waals surface area contributed by atoms with Gasteiger partial charge in [0, 0.05) is 63.8 Å². The highest BCUT2D eigenvalue weighted by molar-refractivity contribution is 5.73. The first kappa shape index (κ1) is 57.7. The van der Waals surface area contributed by atoms with Crippen LogP contribution >= 0.6 is 0 Å². The van der Waals surface area contributed by atoms with Crippen LogP contribution in [0.2, 0.25) is 0 Å². The lowest BCUT2D eigenvalue weighted by Crippen LogP contribution is -2.62. The number of likely N-dealkylation sites (N-methyl/N-ethyl adjacent to an activating group) is 2. The molecule has 3 saturated heterocycles. The molecule has 0 bridgehead atoms. The van der Waals surface area contributed by atoms with Gasteiger partial charge in [-0.05, 0) is 123 Å². The Labute approximate surface area is 428 Å². The summed E-state index contributed by atoms with van der Waals surface area (Å²) in [4.78, 5) is 18.7. The summed E-state index contributed by atoms with van der Waals surface area (Å²) in [6, 6.07) is 16.8. The molecule has 2 aromatic carbocycles. The topological polar surface area (TPSA) is 211 Å². The molecule has 0 saturated carbocycles. The number of para-hydroxylation sites is 1. The van der Waals surface area contributed by atoms with Gasteiger partial charge in [0.2, 0.25) is 0 Å². The van der Waals surface area contributed by atoms with Gasteiger partial charge in [-0.15, -0.1) is 5.10 Å². The lowest BCUT2D eigenvalue weighted by atomic mass is 9.68. The second-order valence-electron chi connectivity index (χ2n) is 22.3. The Morgan fingerprint density at radius 1 is 0.889 bits per heavy atom. The van der Waals surface area contributed by atoms with E-state index in [2.05, 4.69) is 27.3 Å². The van der Waals surface area contributed by atoms with Gasteiger partial charge in [-0.3, -0.25) is 9.48 Å². The maximum atomic E-state index is 14.6. The Hall–Kier alpha value is -3.59. The lowest BCUT2D eigenvalue weighted by Gasteiger charge is -2.51. The zero-order valence-corrected chi connectivity index (χ0v) is 45.1. The van der Waals surface area contributed by atoms with Crippen molar-refractivity contribution < 1.29 is 58.7 Å². The lowest BCUT2D eigenvalue weighted by molar-refractivity contribution is -0.302. The van der Waals surface area contributed by atoms with Crippen molar-refractivity contribution in [3.63, 3.8) is 0 Å². The van der Waals surface area contributed by atoms with Gasteiger partial charge in [0.15, 0.2) is 6.29 Å². The van der Waals surface area contributed by atoms with E-state index in [9.17, 15) is 30.3 Å². The van der Waals surface area contributed by atoms with Crippen molar-refractivity contribution in [1.29, 1.82) is 0 Å². The van der Waals surface area contributed by atoms with Crippen molar-refractivity contribution in [2.45, 2.75) is 198 Å². The molecular formula is C55H87N5O12. The van der Waals surface area contributed by atoms with Crippen LogP contribution in [0.15, 0.2) is 60.8 Å². The quantitative estimate of drug-likeness (QED) is 0.128. The first-order chi connectivity index (χ1) is 33.9. The van der Waals surface area contributed by atoms with Crippen molar-refractivity contribution in [1.82, 2.24) is 24.8 Å². The minimum Gasteiger partial charge on any atom is -0.459 e. The number of aliphatic hydroxyl groups excluding tert-OH is 3. The highest BCUT2D eigenvalue weighted by Gasteiger charge is 2.55. The molecule has 1 aromatic heterocycles. The number of carbonyl (C=O) groups is 1. The van der Waals surface area contributed by atoms with Crippen LogP contribution in [0.5, 0.6) is 11.5 Å². The van der Waals surface area contributed by atoms with Gasteiger partial charge in [0.25, 0.3) is 0 Å². The van der Waals surface area contributed by atoms with Crippen LogP contribution in [0.1, 0.15) is 106 Å². The number of carbonyl (C=O) groups excluding carboxylic acids is 1.